The Morgan fingerprint density at radius 2 is 1.33 bits per heavy atom. The van der Waals surface area contributed by atoms with Crippen LogP contribution in [0.25, 0.3) is 0 Å². The second kappa shape index (κ2) is 7.43. The van der Waals surface area contributed by atoms with Crippen LogP contribution in [0.15, 0.2) is 0 Å². The van der Waals surface area contributed by atoms with E-state index in [4.69, 9.17) is 9.05 Å². The highest BCUT2D eigenvalue weighted by molar-refractivity contribution is 7.53. The molecule has 0 saturated carbocycles. The Morgan fingerprint density at radius 3 is 1.60 bits per heavy atom. The minimum atomic E-state index is -2.86. The zero-order valence-corrected chi connectivity index (χ0v) is 11.5. The first-order valence-electron chi connectivity index (χ1n) is 5.85. The molecule has 0 spiro atoms. The second-order valence-electron chi connectivity index (χ2n) is 4.18. The molecular weight excluding hydrogens is 211 g/mol. The van der Waals surface area contributed by atoms with Gasteiger partial charge in [-0.25, -0.2) is 0 Å². The zero-order chi connectivity index (χ0) is 11.9. The van der Waals surface area contributed by atoms with E-state index in [0.717, 1.165) is 25.7 Å². The molecule has 0 N–H and O–H groups in total. The maximum absolute atomic E-state index is 11.9. The summed E-state index contributed by atoms with van der Waals surface area (Å²) in [6, 6.07) is 0. The van der Waals surface area contributed by atoms with Gasteiger partial charge in [0.2, 0.25) is 0 Å². The molecule has 2 unspecified atom stereocenters. The van der Waals surface area contributed by atoms with Gasteiger partial charge in [-0.3, -0.25) is 4.57 Å². The Hall–Kier alpha value is 0.150. The minimum absolute atomic E-state index is 0.0136. The summed E-state index contributed by atoms with van der Waals surface area (Å²) in [5.41, 5.74) is 0. The van der Waals surface area contributed by atoms with Crippen LogP contribution in [0.5, 0.6) is 0 Å². The fraction of sp³-hybridized carbons (Fsp3) is 1.00. The Morgan fingerprint density at radius 1 is 1.00 bits per heavy atom. The fourth-order valence-electron chi connectivity index (χ4n) is 1.60. The van der Waals surface area contributed by atoms with E-state index in [1.165, 1.54) is 0 Å². The van der Waals surface area contributed by atoms with E-state index in [-0.39, 0.29) is 12.2 Å². The van der Waals surface area contributed by atoms with Crippen LogP contribution in [0.1, 0.15) is 53.4 Å². The first-order chi connectivity index (χ1) is 6.91. The molecule has 15 heavy (non-hydrogen) atoms. The molecule has 0 aliphatic heterocycles. The molecule has 0 aromatic heterocycles. The molecule has 0 radical (unpaired) electrons. The summed E-state index contributed by atoms with van der Waals surface area (Å²) in [5, 5.41) is 0. The molecular formula is C11H25O3P. The van der Waals surface area contributed by atoms with Crippen molar-refractivity contribution in [1.29, 1.82) is 0 Å². The van der Waals surface area contributed by atoms with Crippen LogP contribution in [-0.4, -0.2) is 18.9 Å². The minimum Gasteiger partial charge on any atom is -0.306 e. The summed E-state index contributed by atoms with van der Waals surface area (Å²) < 4.78 is 22.8. The smallest absolute Gasteiger partial charge is 0.306 e. The van der Waals surface area contributed by atoms with Crippen molar-refractivity contribution in [3.8, 4) is 0 Å². The monoisotopic (exact) mass is 236 g/mol. The first-order valence-corrected chi connectivity index (χ1v) is 7.84. The summed E-state index contributed by atoms with van der Waals surface area (Å²) in [6.07, 6.45) is 3.93. The van der Waals surface area contributed by atoms with Crippen molar-refractivity contribution in [3.05, 3.63) is 0 Å². The highest BCUT2D eigenvalue weighted by Gasteiger charge is 2.22. The molecule has 0 aliphatic carbocycles. The van der Waals surface area contributed by atoms with Crippen LogP contribution >= 0.6 is 7.60 Å². The summed E-state index contributed by atoms with van der Waals surface area (Å²) in [4.78, 5) is 0. The maximum atomic E-state index is 11.9. The molecule has 0 heterocycles. The van der Waals surface area contributed by atoms with Gasteiger partial charge in [-0.15, -0.1) is 0 Å². The topological polar surface area (TPSA) is 35.5 Å². The van der Waals surface area contributed by atoms with Gasteiger partial charge in [0.25, 0.3) is 0 Å². The van der Waals surface area contributed by atoms with Crippen molar-refractivity contribution in [2.24, 2.45) is 0 Å². The number of rotatable bonds is 8. The Bertz CT molecular complexity index is 188. The highest BCUT2D eigenvalue weighted by Crippen LogP contribution is 2.47. The van der Waals surface area contributed by atoms with Crippen LogP contribution in [0.4, 0.5) is 0 Å². The van der Waals surface area contributed by atoms with Crippen molar-refractivity contribution in [1.82, 2.24) is 0 Å². The van der Waals surface area contributed by atoms with Crippen LogP contribution in [0, 0.1) is 0 Å². The van der Waals surface area contributed by atoms with Crippen molar-refractivity contribution < 1.29 is 13.6 Å². The molecule has 0 saturated heterocycles. The van der Waals surface area contributed by atoms with Crippen LogP contribution in [-0.2, 0) is 13.6 Å². The van der Waals surface area contributed by atoms with Crippen molar-refractivity contribution in [2.45, 2.75) is 65.6 Å². The fourth-order valence-corrected chi connectivity index (χ4v) is 3.17. The zero-order valence-electron chi connectivity index (χ0n) is 10.7. The molecule has 0 aromatic rings. The van der Waals surface area contributed by atoms with Gasteiger partial charge in [0.05, 0.1) is 12.2 Å². The van der Waals surface area contributed by atoms with E-state index in [9.17, 15) is 4.57 Å². The lowest BCUT2D eigenvalue weighted by Gasteiger charge is -2.22. The molecule has 2 atom stereocenters. The third kappa shape index (κ3) is 8.01. The molecule has 4 heteroatoms. The van der Waals surface area contributed by atoms with Crippen LogP contribution in [0.3, 0.4) is 0 Å². The lowest BCUT2D eigenvalue weighted by molar-refractivity contribution is 0.122. The van der Waals surface area contributed by atoms with Gasteiger partial charge in [0.1, 0.15) is 0 Å². The van der Waals surface area contributed by atoms with Gasteiger partial charge in [-0.1, -0.05) is 26.7 Å². The number of hydrogen-bond donors (Lipinski definition) is 0. The van der Waals surface area contributed by atoms with Crippen LogP contribution < -0.4 is 0 Å². The van der Waals surface area contributed by atoms with Gasteiger partial charge in [0.15, 0.2) is 0 Å². The lowest BCUT2D eigenvalue weighted by Crippen LogP contribution is -2.11. The van der Waals surface area contributed by atoms with E-state index >= 15 is 0 Å². The van der Waals surface area contributed by atoms with Gasteiger partial charge in [0, 0.05) is 6.66 Å². The molecule has 0 amide bonds. The molecule has 0 rings (SSSR count). The summed E-state index contributed by atoms with van der Waals surface area (Å²) >= 11 is 0. The average Bonchev–Trinajstić information content (AvgIpc) is 2.01. The van der Waals surface area contributed by atoms with Gasteiger partial charge in [-0.05, 0) is 26.7 Å². The van der Waals surface area contributed by atoms with Crippen molar-refractivity contribution in [2.75, 3.05) is 6.66 Å². The SMILES string of the molecule is CCCC(C)OP(C)(=O)OC(C)CCC. The first kappa shape index (κ1) is 15.2. The van der Waals surface area contributed by atoms with E-state index in [1.807, 2.05) is 13.8 Å². The summed E-state index contributed by atoms with van der Waals surface area (Å²) in [6.45, 7) is 9.61. The standard InChI is InChI=1S/C11H25O3P/c1-6-8-10(3)13-15(5,12)14-11(4)9-7-2/h10-11H,6-9H2,1-5H3. The predicted molar refractivity (Wildman–Crippen MR) is 64.4 cm³/mol. The van der Waals surface area contributed by atoms with Crippen molar-refractivity contribution >= 4 is 7.60 Å². The van der Waals surface area contributed by atoms with Crippen molar-refractivity contribution in [3.63, 3.8) is 0 Å². The largest absolute Gasteiger partial charge is 0.328 e. The summed E-state index contributed by atoms with van der Waals surface area (Å²) in [7, 11) is -2.86. The van der Waals surface area contributed by atoms with Gasteiger partial charge < -0.3 is 9.05 Å². The van der Waals surface area contributed by atoms with E-state index in [0.29, 0.717) is 0 Å². The number of hydrogen-bond acceptors (Lipinski definition) is 3. The van der Waals surface area contributed by atoms with E-state index < -0.39 is 7.60 Å². The third-order valence-corrected chi connectivity index (χ3v) is 3.62. The molecule has 3 nitrogen and oxygen atoms in total. The Balaban J connectivity index is 4.00. The van der Waals surface area contributed by atoms with E-state index in [1.54, 1.807) is 6.66 Å². The quantitative estimate of drug-likeness (QED) is 0.592. The molecule has 0 aliphatic rings. The Kier molecular flexibility index (Phi) is 7.50. The van der Waals surface area contributed by atoms with Crippen LogP contribution in [0.2, 0.25) is 0 Å². The average molecular weight is 236 g/mol. The van der Waals surface area contributed by atoms with E-state index in [2.05, 4.69) is 13.8 Å². The molecule has 0 bridgehead atoms. The normalized spacial score (nSPS) is 19.5. The second-order valence-corrected chi connectivity index (χ2v) is 6.15. The summed E-state index contributed by atoms with van der Waals surface area (Å²) in [5.74, 6) is 0. The highest BCUT2D eigenvalue weighted by atomic mass is 31.2. The Labute approximate surface area is 94.1 Å². The molecule has 0 aromatic carbocycles. The third-order valence-electron chi connectivity index (χ3n) is 2.13. The van der Waals surface area contributed by atoms with Gasteiger partial charge >= 0.3 is 7.60 Å². The molecule has 0 fully saturated rings. The lowest BCUT2D eigenvalue weighted by atomic mass is 10.2. The maximum Gasteiger partial charge on any atom is 0.328 e. The van der Waals surface area contributed by atoms with Gasteiger partial charge in [-0.2, -0.15) is 0 Å². The molecule has 92 valence electrons. The predicted octanol–water partition coefficient (Wildman–Crippen LogP) is 4.22.